The minimum absolute atomic E-state index is 0.0392. The molecule has 0 spiro atoms. The van der Waals surface area contributed by atoms with Crippen molar-refractivity contribution in [1.82, 2.24) is 9.21 Å². The van der Waals surface area contributed by atoms with Gasteiger partial charge in [-0.05, 0) is 31.9 Å². The summed E-state index contributed by atoms with van der Waals surface area (Å²) in [5, 5.41) is 0. The van der Waals surface area contributed by atoms with E-state index in [1.165, 1.54) is 16.4 Å². The third-order valence-corrected chi connectivity index (χ3v) is 7.08. The molecule has 7 nitrogen and oxygen atoms in total. The maximum absolute atomic E-state index is 13.3. The molecule has 1 heterocycles. The van der Waals surface area contributed by atoms with Crippen molar-refractivity contribution in [3.63, 3.8) is 0 Å². The van der Waals surface area contributed by atoms with Crippen LogP contribution in [0.15, 0.2) is 29.2 Å². The van der Waals surface area contributed by atoms with E-state index < -0.39 is 15.9 Å². The van der Waals surface area contributed by atoms with Crippen molar-refractivity contribution in [3.05, 3.63) is 29.8 Å². The first-order chi connectivity index (χ1) is 14.6. The van der Waals surface area contributed by atoms with Crippen molar-refractivity contribution < 1.29 is 31.5 Å². The number of halogens is 2. The summed E-state index contributed by atoms with van der Waals surface area (Å²) in [4.78, 5) is 25.2. The molecule has 0 aliphatic carbocycles. The number of unbranched alkanes of at least 4 members (excludes halogenated alkanes) is 2. The van der Waals surface area contributed by atoms with Crippen LogP contribution in [0, 0.1) is 0 Å². The summed E-state index contributed by atoms with van der Waals surface area (Å²) in [6.07, 6.45) is 2.76. The molecule has 0 bridgehead atoms. The lowest BCUT2D eigenvalue weighted by Crippen LogP contribution is -2.50. The van der Waals surface area contributed by atoms with Crippen LogP contribution in [-0.2, 0) is 30.3 Å². The molecule has 0 atom stereocenters. The van der Waals surface area contributed by atoms with Gasteiger partial charge in [0.15, 0.2) is 0 Å². The number of rotatable bonds is 10. The Morgan fingerprint density at radius 3 is 2.13 bits per heavy atom. The first-order valence-corrected chi connectivity index (χ1v) is 11.9. The fraction of sp³-hybridized carbons (Fsp3) is 0.619. The lowest BCUT2D eigenvalue weighted by molar-refractivity contribution is -0.143. The molecule has 0 radical (unpaired) electrons. The second-order valence-corrected chi connectivity index (χ2v) is 9.50. The first-order valence-electron chi connectivity index (χ1n) is 10.5. The van der Waals surface area contributed by atoms with E-state index in [9.17, 15) is 26.8 Å². The highest BCUT2D eigenvalue weighted by molar-refractivity contribution is 7.89. The molecule has 1 aliphatic heterocycles. The summed E-state index contributed by atoms with van der Waals surface area (Å²) < 4.78 is 58.3. The predicted octanol–water partition coefficient (Wildman–Crippen LogP) is 3.14. The van der Waals surface area contributed by atoms with Crippen molar-refractivity contribution in [1.29, 1.82) is 0 Å². The summed E-state index contributed by atoms with van der Waals surface area (Å²) in [7, 11) is -3.80. The normalized spacial score (nSPS) is 15.7. The highest BCUT2D eigenvalue weighted by atomic mass is 32.2. The lowest BCUT2D eigenvalue weighted by Gasteiger charge is -2.34. The number of carbonyl (C=O) groups is 2. The van der Waals surface area contributed by atoms with Gasteiger partial charge in [0.25, 0.3) is 5.92 Å². The Morgan fingerprint density at radius 1 is 1.00 bits per heavy atom. The van der Waals surface area contributed by atoms with Gasteiger partial charge in [0, 0.05) is 51.5 Å². The van der Waals surface area contributed by atoms with Crippen LogP contribution < -0.4 is 0 Å². The monoisotopic (exact) mass is 460 g/mol. The highest BCUT2D eigenvalue weighted by Gasteiger charge is 2.31. The molecule has 0 N–H and O–H groups in total. The fourth-order valence-electron chi connectivity index (χ4n) is 3.36. The standard InChI is InChI=1S/C21H30F2N2O5S/c1-3-30-20(27)8-6-4-5-7-19(26)24-13-15-25(16-14-24)31(28,29)18-11-9-17(10-12-18)21(2,22)23/h9-12H,3-8,13-16H2,1-2H3. The van der Waals surface area contributed by atoms with Gasteiger partial charge in [-0.1, -0.05) is 18.6 Å². The van der Waals surface area contributed by atoms with Crippen LogP contribution in [0.5, 0.6) is 0 Å². The van der Waals surface area contributed by atoms with Crippen LogP contribution in [-0.4, -0.2) is 62.3 Å². The summed E-state index contributed by atoms with van der Waals surface area (Å²) in [5.41, 5.74) is -0.246. The topological polar surface area (TPSA) is 84.0 Å². The number of hydrogen-bond acceptors (Lipinski definition) is 5. The van der Waals surface area contributed by atoms with Gasteiger partial charge in [0.2, 0.25) is 15.9 Å². The number of ether oxygens (including phenoxy) is 1. The van der Waals surface area contributed by atoms with Gasteiger partial charge in [0.1, 0.15) is 0 Å². The van der Waals surface area contributed by atoms with Crippen molar-refractivity contribution >= 4 is 21.9 Å². The van der Waals surface area contributed by atoms with Crippen molar-refractivity contribution in [3.8, 4) is 0 Å². The van der Waals surface area contributed by atoms with Gasteiger partial charge in [-0.3, -0.25) is 9.59 Å². The lowest BCUT2D eigenvalue weighted by atomic mass is 10.1. The maximum Gasteiger partial charge on any atom is 0.305 e. The van der Waals surface area contributed by atoms with E-state index in [0.717, 1.165) is 25.5 Å². The predicted molar refractivity (Wildman–Crippen MR) is 111 cm³/mol. The molecule has 0 aromatic heterocycles. The van der Waals surface area contributed by atoms with E-state index in [0.29, 0.717) is 32.3 Å². The Bertz CT molecular complexity index is 846. The number of sulfonamides is 1. The first kappa shape index (κ1) is 25.2. The van der Waals surface area contributed by atoms with Gasteiger partial charge in [-0.15, -0.1) is 0 Å². The minimum Gasteiger partial charge on any atom is -0.466 e. The van der Waals surface area contributed by atoms with Crippen LogP contribution in [0.25, 0.3) is 0 Å². The van der Waals surface area contributed by atoms with E-state index in [1.54, 1.807) is 11.8 Å². The summed E-state index contributed by atoms with van der Waals surface area (Å²) in [6.45, 7) is 3.75. The second-order valence-electron chi connectivity index (χ2n) is 7.56. The smallest absolute Gasteiger partial charge is 0.305 e. The van der Waals surface area contributed by atoms with E-state index in [-0.39, 0.29) is 48.5 Å². The molecule has 0 unspecified atom stereocenters. The molecule has 0 saturated carbocycles. The largest absolute Gasteiger partial charge is 0.466 e. The molecular formula is C21H30F2N2O5S. The molecule has 1 fully saturated rings. The number of esters is 1. The zero-order valence-electron chi connectivity index (χ0n) is 18.0. The second kappa shape index (κ2) is 11.0. The molecule has 1 aliphatic rings. The minimum atomic E-state index is -3.80. The molecule has 1 aromatic carbocycles. The molecule has 2 rings (SSSR count). The van der Waals surface area contributed by atoms with Crippen molar-refractivity contribution in [2.24, 2.45) is 0 Å². The van der Waals surface area contributed by atoms with Crippen LogP contribution in [0.3, 0.4) is 0 Å². The molecule has 1 amide bonds. The fourth-order valence-corrected chi connectivity index (χ4v) is 4.78. The summed E-state index contributed by atoms with van der Waals surface area (Å²) >= 11 is 0. The van der Waals surface area contributed by atoms with E-state index in [2.05, 4.69) is 0 Å². The highest BCUT2D eigenvalue weighted by Crippen LogP contribution is 2.28. The number of piperazine rings is 1. The molecule has 174 valence electrons. The van der Waals surface area contributed by atoms with Gasteiger partial charge in [-0.2, -0.15) is 4.31 Å². The third kappa shape index (κ3) is 7.24. The molecule has 10 heteroatoms. The van der Waals surface area contributed by atoms with Crippen LogP contribution in [0.1, 0.15) is 51.5 Å². The maximum atomic E-state index is 13.3. The molecular weight excluding hydrogens is 430 g/mol. The Morgan fingerprint density at radius 2 is 1.58 bits per heavy atom. The van der Waals surface area contributed by atoms with Crippen molar-refractivity contribution in [2.75, 3.05) is 32.8 Å². The van der Waals surface area contributed by atoms with Gasteiger partial charge in [-0.25, -0.2) is 17.2 Å². The molecule has 1 aromatic rings. The van der Waals surface area contributed by atoms with Gasteiger partial charge in [0.05, 0.1) is 11.5 Å². The number of hydrogen-bond donors (Lipinski definition) is 0. The third-order valence-electron chi connectivity index (χ3n) is 5.17. The van der Waals surface area contributed by atoms with E-state index >= 15 is 0 Å². The quantitative estimate of drug-likeness (QED) is 0.396. The zero-order chi connectivity index (χ0) is 23.1. The number of nitrogens with zero attached hydrogens (tertiary/aromatic N) is 2. The number of carbonyl (C=O) groups excluding carboxylic acids is 2. The molecule has 31 heavy (non-hydrogen) atoms. The number of alkyl halides is 2. The van der Waals surface area contributed by atoms with Crippen LogP contribution in [0.2, 0.25) is 0 Å². The van der Waals surface area contributed by atoms with Gasteiger partial charge >= 0.3 is 5.97 Å². The Kier molecular flexibility index (Phi) is 8.93. The number of amides is 1. The van der Waals surface area contributed by atoms with Gasteiger partial charge < -0.3 is 9.64 Å². The Hall–Kier alpha value is -2.07. The Labute approximate surface area is 182 Å². The van der Waals surface area contributed by atoms with Crippen molar-refractivity contribution in [2.45, 2.75) is 56.8 Å². The van der Waals surface area contributed by atoms with E-state index in [1.807, 2.05) is 0 Å². The van der Waals surface area contributed by atoms with E-state index in [4.69, 9.17) is 4.74 Å². The average molecular weight is 461 g/mol. The zero-order valence-corrected chi connectivity index (χ0v) is 18.8. The SMILES string of the molecule is CCOC(=O)CCCCCC(=O)N1CCN(S(=O)(=O)c2ccc(C(C)(F)F)cc2)CC1. The summed E-state index contributed by atoms with van der Waals surface area (Å²) in [5.74, 6) is -3.31. The summed E-state index contributed by atoms with van der Waals surface area (Å²) in [6, 6.07) is 4.62. The van der Waals surface area contributed by atoms with Crippen LogP contribution in [0.4, 0.5) is 8.78 Å². The van der Waals surface area contributed by atoms with Crippen LogP contribution >= 0.6 is 0 Å². The number of benzene rings is 1. The molecule has 1 saturated heterocycles. The average Bonchev–Trinajstić information content (AvgIpc) is 2.73. The Balaban J connectivity index is 1.79.